The second-order valence-corrected chi connectivity index (χ2v) is 4.66. The molecule has 0 spiro atoms. The van der Waals surface area contributed by atoms with Crippen LogP contribution in [0.3, 0.4) is 0 Å². The van der Waals surface area contributed by atoms with E-state index < -0.39 is 5.97 Å². The lowest BCUT2D eigenvalue weighted by atomic mass is 10.1. The highest BCUT2D eigenvalue weighted by Crippen LogP contribution is 2.29. The van der Waals surface area contributed by atoms with E-state index >= 15 is 0 Å². The van der Waals surface area contributed by atoms with Gasteiger partial charge in [-0.1, -0.05) is 0 Å². The van der Waals surface area contributed by atoms with Crippen LogP contribution in [0.5, 0.6) is 11.5 Å². The molecule has 0 fully saturated rings. The molecule has 1 aromatic heterocycles. The van der Waals surface area contributed by atoms with Crippen molar-refractivity contribution in [2.75, 3.05) is 6.61 Å². The molecule has 1 atom stereocenters. The van der Waals surface area contributed by atoms with Crippen molar-refractivity contribution in [1.82, 2.24) is 4.98 Å². The lowest BCUT2D eigenvalue weighted by Crippen LogP contribution is -2.23. The lowest BCUT2D eigenvalue weighted by molar-refractivity contribution is 0.0681. The first-order valence-electron chi connectivity index (χ1n) is 6.39. The van der Waals surface area contributed by atoms with Crippen LogP contribution in [0.2, 0.25) is 0 Å². The molecule has 0 radical (unpaired) electrons. The Morgan fingerprint density at radius 3 is 3.14 bits per heavy atom. The van der Waals surface area contributed by atoms with Crippen LogP contribution >= 0.6 is 0 Å². The summed E-state index contributed by atoms with van der Waals surface area (Å²) < 4.78 is 24.2. The van der Waals surface area contributed by atoms with Crippen molar-refractivity contribution in [3.63, 3.8) is 0 Å². The number of pyridine rings is 1. The molecule has 1 N–H and O–H groups in total. The van der Waals surface area contributed by atoms with Crippen LogP contribution in [-0.2, 0) is 6.42 Å². The highest BCUT2D eigenvalue weighted by Gasteiger charge is 2.24. The Bertz CT molecular complexity index is 689. The van der Waals surface area contributed by atoms with Crippen molar-refractivity contribution in [2.24, 2.45) is 0 Å². The van der Waals surface area contributed by atoms with E-state index in [1.807, 2.05) is 0 Å². The van der Waals surface area contributed by atoms with Gasteiger partial charge in [0.25, 0.3) is 0 Å². The van der Waals surface area contributed by atoms with E-state index in [4.69, 9.17) is 14.6 Å². The van der Waals surface area contributed by atoms with Gasteiger partial charge in [-0.3, -0.25) is 0 Å². The Morgan fingerprint density at radius 2 is 2.33 bits per heavy atom. The van der Waals surface area contributed by atoms with Gasteiger partial charge in [-0.25, -0.2) is 14.2 Å². The zero-order valence-corrected chi connectivity index (χ0v) is 11.0. The Labute approximate surface area is 120 Å². The number of nitrogens with zero attached hydrogens (tertiary/aromatic N) is 1. The maximum Gasteiger partial charge on any atom is 0.358 e. The van der Waals surface area contributed by atoms with Crippen LogP contribution in [0.15, 0.2) is 36.5 Å². The fraction of sp³-hybridized carbons (Fsp3) is 0.200. The Morgan fingerprint density at radius 1 is 1.48 bits per heavy atom. The monoisotopic (exact) mass is 289 g/mol. The van der Waals surface area contributed by atoms with Crippen LogP contribution in [0, 0.1) is 5.82 Å². The molecule has 0 saturated heterocycles. The number of hydrogen-bond acceptors (Lipinski definition) is 4. The predicted octanol–water partition coefficient (Wildman–Crippen LogP) is 2.30. The van der Waals surface area contributed by atoms with Crippen molar-refractivity contribution in [3.8, 4) is 11.5 Å². The van der Waals surface area contributed by atoms with E-state index in [1.165, 1.54) is 24.4 Å². The summed E-state index contributed by atoms with van der Waals surface area (Å²) in [6.45, 7) is 0.169. The Balaban J connectivity index is 1.67. The molecular formula is C15H12FNO4. The van der Waals surface area contributed by atoms with Gasteiger partial charge in [-0.2, -0.15) is 0 Å². The van der Waals surface area contributed by atoms with Gasteiger partial charge in [0.1, 0.15) is 24.3 Å². The fourth-order valence-electron chi connectivity index (χ4n) is 2.23. The number of carbonyl (C=O) groups is 1. The third-order valence-electron chi connectivity index (χ3n) is 3.16. The van der Waals surface area contributed by atoms with Crippen LogP contribution in [0.4, 0.5) is 4.39 Å². The second kappa shape index (κ2) is 5.40. The van der Waals surface area contributed by atoms with Crippen LogP contribution in [0.25, 0.3) is 0 Å². The van der Waals surface area contributed by atoms with Gasteiger partial charge in [0.15, 0.2) is 11.4 Å². The number of halogens is 1. The predicted molar refractivity (Wildman–Crippen MR) is 71.2 cm³/mol. The third-order valence-corrected chi connectivity index (χ3v) is 3.16. The average molecular weight is 289 g/mol. The highest BCUT2D eigenvalue weighted by atomic mass is 19.1. The van der Waals surface area contributed by atoms with E-state index in [2.05, 4.69) is 4.98 Å². The molecule has 21 heavy (non-hydrogen) atoms. The van der Waals surface area contributed by atoms with Gasteiger partial charge in [0.05, 0.1) is 0 Å². The number of hydrogen-bond donors (Lipinski definition) is 1. The van der Waals surface area contributed by atoms with Crippen LogP contribution < -0.4 is 9.47 Å². The Kier molecular flexibility index (Phi) is 3.43. The summed E-state index contributed by atoms with van der Waals surface area (Å²) in [6, 6.07) is 7.49. The minimum absolute atomic E-state index is 0.140. The first-order chi connectivity index (χ1) is 10.1. The topological polar surface area (TPSA) is 68.7 Å². The van der Waals surface area contributed by atoms with Gasteiger partial charge in [-0.15, -0.1) is 0 Å². The molecule has 2 heterocycles. The molecule has 1 aliphatic heterocycles. The van der Waals surface area contributed by atoms with Crippen molar-refractivity contribution in [2.45, 2.75) is 12.5 Å². The van der Waals surface area contributed by atoms with E-state index in [0.29, 0.717) is 12.2 Å². The zero-order chi connectivity index (χ0) is 14.8. The van der Waals surface area contributed by atoms with Crippen molar-refractivity contribution in [3.05, 3.63) is 53.6 Å². The van der Waals surface area contributed by atoms with Gasteiger partial charge in [0, 0.05) is 18.2 Å². The zero-order valence-electron chi connectivity index (χ0n) is 11.0. The number of aromatic nitrogens is 1. The summed E-state index contributed by atoms with van der Waals surface area (Å²) in [7, 11) is 0. The molecule has 0 amide bonds. The first kappa shape index (κ1) is 13.4. The SMILES string of the molecule is O=C(O)c1ncccc1OCC1Cc2cc(F)ccc2O1. The fourth-order valence-corrected chi connectivity index (χ4v) is 2.23. The number of aromatic carboxylic acids is 1. The molecule has 0 bridgehead atoms. The molecule has 1 aliphatic rings. The lowest BCUT2D eigenvalue weighted by Gasteiger charge is -2.13. The van der Waals surface area contributed by atoms with Gasteiger partial charge in [0.2, 0.25) is 0 Å². The molecule has 0 aliphatic carbocycles. The maximum absolute atomic E-state index is 13.1. The molecule has 1 unspecified atom stereocenters. The van der Waals surface area contributed by atoms with Crippen molar-refractivity contribution >= 4 is 5.97 Å². The maximum atomic E-state index is 13.1. The van der Waals surface area contributed by atoms with Gasteiger partial charge >= 0.3 is 5.97 Å². The summed E-state index contributed by atoms with van der Waals surface area (Å²) >= 11 is 0. The molecule has 5 nitrogen and oxygen atoms in total. The van der Waals surface area contributed by atoms with Gasteiger partial charge < -0.3 is 14.6 Å². The van der Waals surface area contributed by atoms with E-state index in [0.717, 1.165) is 5.56 Å². The summed E-state index contributed by atoms with van der Waals surface area (Å²) in [5.74, 6) is -0.631. The van der Waals surface area contributed by atoms with Crippen molar-refractivity contribution < 1.29 is 23.8 Å². The highest BCUT2D eigenvalue weighted by molar-refractivity contribution is 5.88. The van der Waals surface area contributed by atoms with Crippen LogP contribution in [0.1, 0.15) is 16.1 Å². The first-order valence-corrected chi connectivity index (χ1v) is 6.39. The summed E-state index contributed by atoms with van der Waals surface area (Å²) in [6.07, 6.45) is 1.64. The second-order valence-electron chi connectivity index (χ2n) is 4.66. The summed E-state index contributed by atoms with van der Waals surface area (Å²) in [5.41, 5.74) is 0.646. The van der Waals surface area contributed by atoms with Crippen LogP contribution in [-0.4, -0.2) is 28.8 Å². The molecule has 108 valence electrons. The number of fused-ring (bicyclic) bond motifs is 1. The molecular weight excluding hydrogens is 277 g/mol. The minimum Gasteiger partial charge on any atom is -0.487 e. The van der Waals surface area contributed by atoms with E-state index in [9.17, 15) is 9.18 Å². The smallest absolute Gasteiger partial charge is 0.358 e. The average Bonchev–Trinajstić information content (AvgIpc) is 2.87. The molecule has 1 aromatic carbocycles. The number of ether oxygens (including phenoxy) is 2. The molecule has 3 rings (SSSR count). The number of benzene rings is 1. The largest absolute Gasteiger partial charge is 0.487 e. The van der Waals surface area contributed by atoms with E-state index in [-0.39, 0.29) is 30.0 Å². The van der Waals surface area contributed by atoms with E-state index in [1.54, 1.807) is 12.1 Å². The normalized spacial score (nSPS) is 16.1. The standard InChI is InChI=1S/C15H12FNO4/c16-10-3-4-12-9(6-10)7-11(21-12)8-20-13-2-1-5-17-14(13)15(18)19/h1-6,11H,7-8H2,(H,18,19). The Hall–Kier alpha value is -2.63. The molecule has 2 aromatic rings. The molecule has 0 saturated carbocycles. The van der Waals surface area contributed by atoms with Crippen molar-refractivity contribution in [1.29, 1.82) is 0 Å². The summed E-state index contributed by atoms with van der Waals surface area (Å²) in [5, 5.41) is 9.01. The molecule has 6 heteroatoms. The quantitative estimate of drug-likeness (QED) is 0.935. The number of carboxylic acid groups (broad SMARTS) is 1. The number of rotatable bonds is 4. The third kappa shape index (κ3) is 2.79. The number of carboxylic acids is 1. The summed E-state index contributed by atoms with van der Waals surface area (Å²) in [4.78, 5) is 14.8. The van der Waals surface area contributed by atoms with Gasteiger partial charge in [-0.05, 0) is 30.3 Å². The minimum atomic E-state index is -1.15.